The number of amides is 2. The quantitative estimate of drug-likeness (QED) is 0.724. The standard InChI is InChI=1S/C18H24FN3O3/c1-21(8-6-18(25)20-13-24)17-3-2-15(12-16(17)19)22-9-4-14(5-10-22)7-11-23/h2-3,11-14H,4-10H2,1H3,(H,20,24,25). The number of hydrogen-bond donors (Lipinski definition) is 1. The van der Waals surface area contributed by atoms with Crippen molar-refractivity contribution >= 4 is 30.0 Å². The molecule has 1 aliphatic rings. The van der Waals surface area contributed by atoms with Crippen molar-refractivity contribution in [3.05, 3.63) is 24.0 Å². The molecule has 6 nitrogen and oxygen atoms in total. The van der Waals surface area contributed by atoms with Crippen LogP contribution in [0.15, 0.2) is 18.2 Å². The molecule has 1 aliphatic heterocycles. The van der Waals surface area contributed by atoms with Crippen molar-refractivity contribution in [2.75, 3.05) is 36.5 Å². The van der Waals surface area contributed by atoms with Crippen LogP contribution in [-0.4, -0.2) is 45.3 Å². The summed E-state index contributed by atoms with van der Waals surface area (Å²) < 4.78 is 14.5. The molecule has 0 aliphatic carbocycles. The molecule has 0 unspecified atom stereocenters. The van der Waals surface area contributed by atoms with E-state index in [-0.39, 0.29) is 12.2 Å². The minimum atomic E-state index is -0.392. The lowest BCUT2D eigenvalue weighted by atomic mass is 9.94. The number of nitrogens with zero attached hydrogens (tertiary/aromatic N) is 2. The fourth-order valence-corrected chi connectivity index (χ4v) is 3.09. The van der Waals surface area contributed by atoms with Gasteiger partial charge in [-0.25, -0.2) is 4.39 Å². The van der Waals surface area contributed by atoms with Crippen molar-refractivity contribution in [3.8, 4) is 0 Å². The predicted octanol–water partition coefficient (Wildman–Crippen LogP) is 1.73. The summed E-state index contributed by atoms with van der Waals surface area (Å²) in [5.74, 6) is -0.301. The minimum absolute atomic E-state index is 0.112. The van der Waals surface area contributed by atoms with E-state index in [1.165, 1.54) is 6.07 Å². The van der Waals surface area contributed by atoms with Gasteiger partial charge in [0.2, 0.25) is 12.3 Å². The Hall–Kier alpha value is -2.44. The normalized spacial score (nSPS) is 14.9. The molecular formula is C18H24FN3O3. The first-order valence-electron chi connectivity index (χ1n) is 8.47. The van der Waals surface area contributed by atoms with E-state index < -0.39 is 5.91 Å². The first-order valence-corrected chi connectivity index (χ1v) is 8.47. The van der Waals surface area contributed by atoms with E-state index in [9.17, 15) is 18.8 Å². The van der Waals surface area contributed by atoms with Crippen LogP contribution >= 0.6 is 0 Å². The zero-order valence-corrected chi connectivity index (χ0v) is 14.4. The van der Waals surface area contributed by atoms with Gasteiger partial charge in [0.1, 0.15) is 12.1 Å². The first-order chi connectivity index (χ1) is 12.0. The van der Waals surface area contributed by atoms with E-state index in [1.54, 1.807) is 18.0 Å². The zero-order chi connectivity index (χ0) is 18.2. The highest BCUT2D eigenvalue weighted by Crippen LogP contribution is 2.28. The summed E-state index contributed by atoms with van der Waals surface area (Å²) in [6, 6.07) is 5.09. The third kappa shape index (κ3) is 5.27. The monoisotopic (exact) mass is 349 g/mol. The second kappa shape index (κ2) is 9.15. The van der Waals surface area contributed by atoms with Crippen molar-refractivity contribution in [2.24, 2.45) is 5.92 Å². The molecule has 7 heteroatoms. The van der Waals surface area contributed by atoms with Crippen LogP contribution in [0.2, 0.25) is 0 Å². The van der Waals surface area contributed by atoms with Gasteiger partial charge >= 0.3 is 0 Å². The van der Waals surface area contributed by atoms with Crippen molar-refractivity contribution in [3.63, 3.8) is 0 Å². The third-order valence-corrected chi connectivity index (χ3v) is 4.65. The van der Waals surface area contributed by atoms with Crippen LogP contribution in [0.1, 0.15) is 25.7 Å². The van der Waals surface area contributed by atoms with Gasteiger partial charge in [0.05, 0.1) is 5.69 Å². The third-order valence-electron chi connectivity index (χ3n) is 4.65. The molecule has 25 heavy (non-hydrogen) atoms. The molecule has 1 aromatic carbocycles. The van der Waals surface area contributed by atoms with Crippen LogP contribution in [0, 0.1) is 11.7 Å². The maximum Gasteiger partial charge on any atom is 0.228 e. The lowest BCUT2D eigenvalue weighted by molar-refractivity contribution is -0.125. The fourth-order valence-electron chi connectivity index (χ4n) is 3.09. The first kappa shape index (κ1) is 18.9. The Labute approximate surface area is 147 Å². The Balaban J connectivity index is 1.95. The summed E-state index contributed by atoms with van der Waals surface area (Å²) in [5.41, 5.74) is 1.25. The molecule has 2 amide bonds. The summed E-state index contributed by atoms with van der Waals surface area (Å²) in [6.45, 7) is 1.95. The van der Waals surface area contributed by atoms with Crippen molar-refractivity contribution in [1.29, 1.82) is 0 Å². The van der Waals surface area contributed by atoms with Gasteiger partial charge in [0.25, 0.3) is 0 Å². The van der Waals surface area contributed by atoms with Crippen LogP contribution in [-0.2, 0) is 14.4 Å². The number of carbonyl (C=O) groups excluding carboxylic acids is 3. The summed E-state index contributed by atoms with van der Waals surface area (Å²) in [4.78, 5) is 35.9. The molecule has 1 N–H and O–H groups in total. The molecule has 0 spiro atoms. The topological polar surface area (TPSA) is 69.7 Å². The molecule has 0 saturated carbocycles. The number of anilines is 2. The van der Waals surface area contributed by atoms with Crippen LogP contribution in [0.25, 0.3) is 0 Å². The molecule has 136 valence electrons. The number of imide groups is 1. The second-order valence-electron chi connectivity index (χ2n) is 6.33. The molecule has 0 radical (unpaired) electrons. The number of hydrogen-bond acceptors (Lipinski definition) is 5. The number of rotatable bonds is 8. The molecular weight excluding hydrogens is 325 g/mol. The molecule has 2 rings (SSSR count). The average molecular weight is 349 g/mol. The zero-order valence-electron chi connectivity index (χ0n) is 14.4. The van der Waals surface area contributed by atoms with Crippen LogP contribution in [0.5, 0.6) is 0 Å². The van der Waals surface area contributed by atoms with Crippen molar-refractivity contribution < 1.29 is 18.8 Å². The highest BCUT2D eigenvalue weighted by Gasteiger charge is 2.20. The molecule has 1 saturated heterocycles. The van der Waals surface area contributed by atoms with E-state index in [4.69, 9.17) is 0 Å². The smallest absolute Gasteiger partial charge is 0.228 e. The van der Waals surface area contributed by atoms with Crippen LogP contribution in [0.4, 0.5) is 15.8 Å². The van der Waals surface area contributed by atoms with E-state index in [0.717, 1.165) is 37.9 Å². The van der Waals surface area contributed by atoms with Gasteiger partial charge in [-0.3, -0.25) is 14.9 Å². The lowest BCUT2D eigenvalue weighted by Gasteiger charge is -2.33. The largest absolute Gasteiger partial charge is 0.372 e. The van der Waals surface area contributed by atoms with Crippen LogP contribution < -0.4 is 15.1 Å². The number of piperidine rings is 1. The molecule has 0 aromatic heterocycles. The average Bonchev–Trinajstić information content (AvgIpc) is 2.61. The highest BCUT2D eigenvalue weighted by atomic mass is 19.1. The molecule has 0 bridgehead atoms. The SMILES string of the molecule is CN(CCC(=O)NC=O)c1ccc(N2CCC(CC=O)CC2)cc1F. The van der Waals surface area contributed by atoms with Gasteiger partial charge in [0.15, 0.2) is 0 Å². The number of carbonyl (C=O) groups is 3. The van der Waals surface area contributed by atoms with Gasteiger partial charge in [-0.2, -0.15) is 0 Å². The summed E-state index contributed by atoms with van der Waals surface area (Å²) in [6.07, 6.45) is 3.90. The lowest BCUT2D eigenvalue weighted by Crippen LogP contribution is -2.34. The molecule has 1 fully saturated rings. The van der Waals surface area contributed by atoms with Crippen molar-refractivity contribution in [1.82, 2.24) is 5.32 Å². The Kier molecular flexibility index (Phi) is 6.91. The predicted molar refractivity (Wildman–Crippen MR) is 94.1 cm³/mol. The second-order valence-corrected chi connectivity index (χ2v) is 6.33. The highest BCUT2D eigenvalue weighted by molar-refractivity contribution is 5.86. The van der Waals surface area contributed by atoms with E-state index in [0.29, 0.717) is 31.0 Å². The Morgan fingerprint density at radius 2 is 2.08 bits per heavy atom. The van der Waals surface area contributed by atoms with Gasteiger partial charge < -0.3 is 14.6 Å². The molecule has 1 heterocycles. The van der Waals surface area contributed by atoms with Crippen molar-refractivity contribution in [2.45, 2.75) is 25.7 Å². The Morgan fingerprint density at radius 1 is 1.36 bits per heavy atom. The van der Waals surface area contributed by atoms with Gasteiger partial charge in [-0.15, -0.1) is 0 Å². The van der Waals surface area contributed by atoms with Crippen LogP contribution in [0.3, 0.4) is 0 Å². The number of aldehydes is 1. The Morgan fingerprint density at radius 3 is 2.68 bits per heavy atom. The molecule has 1 aromatic rings. The maximum absolute atomic E-state index is 14.5. The minimum Gasteiger partial charge on any atom is -0.372 e. The summed E-state index contributed by atoms with van der Waals surface area (Å²) in [5, 5.41) is 2.06. The Bertz CT molecular complexity index is 616. The summed E-state index contributed by atoms with van der Waals surface area (Å²) in [7, 11) is 1.71. The maximum atomic E-state index is 14.5. The molecule has 0 atom stereocenters. The number of halogens is 1. The number of benzene rings is 1. The number of nitrogens with one attached hydrogen (secondary N) is 1. The van der Waals surface area contributed by atoms with Gasteiger partial charge in [-0.1, -0.05) is 0 Å². The van der Waals surface area contributed by atoms with Gasteiger partial charge in [0, 0.05) is 45.2 Å². The fraction of sp³-hybridized carbons (Fsp3) is 0.500. The van der Waals surface area contributed by atoms with Gasteiger partial charge in [-0.05, 0) is 37.0 Å². The van der Waals surface area contributed by atoms with E-state index in [1.807, 2.05) is 6.07 Å². The van der Waals surface area contributed by atoms with E-state index >= 15 is 0 Å². The van der Waals surface area contributed by atoms with E-state index in [2.05, 4.69) is 10.2 Å². The summed E-state index contributed by atoms with van der Waals surface area (Å²) >= 11 is 0.